The largest absolute Gasteiger partial charge is 0.495 e. The molecule has 0 aliphatic rings. The standard InChI is InChI=1S/C16H19NO/c1-13-8-10-14(11-9-13)12-17(2)15-6-4-5-7-16(15)18-3/h4-11H,12H2,1-3H3. The van der Waals surface area contributed by atoms with E-state index < -0.39 is 0 Å². The molecule has 0 N–H and O–H groups in total. The van der Waals surface area contributed by atoms with Crippen molar-refractivity contribution in [3.05, 3.63) is 59.7 Å². The number of anilines is 1. The molecule has 0 amide bonds. The minimum absolute atomic E-state index is 0.876. The first-order valence-electron chi connectivity index (χ1n) is 6.10. The lowest BCUT2D eigenvalue weighted by Crippen LogP contribution is -2.17. The fourth-order valence-electron chi connectivity index (χ4n) is 2.00. The molecule has 0 spiro atoms. The maximum atomic E-state index is 5.38. The SMILES string of the molecule is COc1ccccc1N(C)Cc1ccc(C)cc1. The lowest BCUT2D eigenvalue weighted by molar-refractivity contribution is 0.415. The van der Waals surface area contributed by atoms with Crippen molar-refractivity contribution in [1.82, 2.24) is 0 Å². The van der Waals surface area contributed by atoms with Crippen molar-refractivity contribution in [2.45, 2.75) is 13.5 Å². The van der Waals surface area contributed by atoms with Crippen molar-refractivity contribution in [2.75, 3.05) is 19.1 Å². The van der Waals surface area contributed by atoms with Gasteiger partial charge in [0.2, 0.25) is 0 Å². The van der Waals surface area contributed by atoms with Gasteiger partial charge in [-0.05, 0) is 24.6 Å². The van der Waals surface area contributed by atoms with E-state index in [1.165, 1.54) is 11.1 Å². The lowest BCUT2D eigenvalue weighted by atomic mass is 10.1. The summed E-state index contributed by atoms with van der Waals surface area (Å²) in [6, 6.07) is 16.7. The second-order valence-electron chi connectivity index (χ2n) is 4.51. The molecule has 0 saturated heterocycles. The number of hydrogen-bond acceptors (Lipinski definition) is 2. The molecule has 0 atom stereocenters. The summed E-state index contributed by atoms with van der Waals surface area (Å²) in [7, 11) is 3.79. The first-order chi connectivity index (χ1) is 8.70. The molecule has 0 aliphatic heterocycles. The number of hydrogen-bond donors (Lipinski definition) is 0. The van der Waals surface area contributed by atoms with Crippen molar-refractivity contribution in [3.8, 4) is 5.75 Å². The first-order valence-corrected chi connectivity index (χ1v) is 6.10. The maximum absolute atomic E-state index is 5.38. The molecular weight excluding hydrogens is 222 g/mol. The zero-order valence-corrected chi connectivity index (χ0v) is 11.2. The van der Waals surface area contributed by atoms with Crippen molar-refractivity contribution in [2.24, 2.45) is 0 Å². The molecule has 0 fully saturated rings. The quantitative estimate of drug-likeness (QED) is 0.810. The molecule has 0 aromatic heterocycles. The molecule has 18 heavy (non-hydrogen) atoms. The fourth-order valence-corrected chi connectivity index (χ4v) is 2.00. The van der Waals surface area contributed by atoms with Crippen LogP contribution in [0.2, 0.25) is 0 Å². The van der Waals surface area contributed by atoms with E-state index >= 15 is 0 Å². The maximum Gasteiger partial charge on any atom is 0.142 e. The number of nitrogens with zero attached hydrogens (tertiary/aromatic N) is 1. The van der Waals surface area contributed by atoms with Crippen LogP contribution in [0.25, 0.3) is 0 Å². The van der Waals surface area contributed by atoms with Gasteiger partial charge in [0.1, 0.15) is 5.75 Å². The molecule has 0 unspecified atom stereocenters. The van der Waals surface area contributed by atoms with Gasteiger partial charge >= 0.3 is 0 Å². The second kappa shape index (κ2) is 5.58. The number of benzene rings is 2. The number of para-hydroxylation sites is 2. The van der Waals surface area contributed by atoms with Gasteiger partial charge < -0.3 is 9.64 Å². The van der Waals surface area contributed by atoms with Gasteiger partial charge in [-0.1, -0.05) is 42.0 Å². The van der Waals surface area contributed by atoms with Crippen molar-refractivity contribution >= 4 is 5.69 Å². The van der Waals surface area contributed by atoms with Crippen LogP contribution in [0.5, 0.6) is 5.75 Å². The Morgan fingerprint density at radius 3 is 2.33 bits per heavy atom. The Morgan fingerprint density at radius 1 is 1.00 bits per heavy atom. The van der Waals surface area contributed by atoms with Crippen LogP contribution in [0.3, 0.4) is 0 Å². The summed E-state index contributed by atoms with van der Waals surface area (Å²) in [5, 5.41) is 0. The lowest BCUT2D eigenvalue weighted by Gasteiger charge is -2.21. The van der Waals surface area contributed by atoms with Crippen LogP contribution < -0.4 is 9.64 Å². The predicted molar refractivity (Wildman–Crippen MR) is 76.3 cm³/mol. The average Bonchev–Trinajstić information content (AvgIpc) is 2.41. The molecule has 0 bridgehead atoms. The summed E-state index contributed by atoms with van der Waals surface area (Å²) in [5.41, 5.74) is 3.70. The Hall–Kier alpha value is -1.96. The fraction of sp³-hybridized carbons (Fsp3) is 0.250. The van der Waals surface area contributed by atoms with Gasteiger partial charge in [0, 0.05) is 13.6 Å². The second-order valence-corrected chi connectivity index (χ2v) is 4.51. The van der Waals surface area contributed by atoms with Gasteiger partial charge in [-0.15, -0.1) is 0 Å². The minimum Gasteiger partial charge on any atom is -0.495 e. The average molecular weight is 241 g/mol. The number of aryl methyl sites for hydroxylation is 1. The van der Waals surface area contributed by atoms with Gasteiger partial charge in [-0.25, -0.2) is 0 Å². The van der Waals surface area contributed by atoms with Gasteiger partial charge in [-0.3, -0.25) is 0 Å². The van der Waals surface area contributed by atoms with E-state index in [0.717, 1.165) is 18.0 Å². The highest BCUT2D eigenvalue weighted by atomic mass is 16.5. The highest BCUT2D eigenvalue weighted by Crippen LogP contribution is 2.27. The van der Waals surface area contributed by atoms with E-state index in [-0.39, 0.29) is 0 Å². The van der Waals surface area contributed by atoms with E-state index in [1.54, 1.807) is 7.11 Å². The van der Waals surface area contributed by atoms with Crippen LogP contribution in [0.1, 0.15) is 11.1 Å². The highest BCUT2D eigenvalue weighted by molar-refractivity contribution is 5.58. The molecule has 2 nitrogen and oxygen atoms in total. The molecule has 0 saturated carbocycles. The molecule has 0 aliphatic carbocycles. The Labute approximate surface area is 109 Å². The van der Waals surface area contributed by atoms with Gasteiger partial charge in [0.15, 0.2) is 0 Å². The first kappa shape index (κ1) is 12.5. The third-order valence-corrected chi connectivity index (χ3v) is 3.04. The van der Waals surface area contributed by atoms with Crippen LogP contribution >= 0.6 is 0 Å². The van der Waals surface area contributed by atoms with E-state index in [9.17, 15) is 0 Å². The molecule has 2 aromatic carbocycles. The minimum atomic E-state index is 0.876. The summed E-state index contributed by atoms with van der Waals surface area (Å²) >= 11 is 0. The van der Waals surface area contributed by atoms with E-state index in [0.29, 0.717) is 0 Å². The summed E-state index contributed by atoms with van der Waals surface area (Å²) in [6.07, 6.45) is 0. The predicted octanol–water partition coefficient (Wildman–Crippen LogP) is 3.64. The zero-order chi connectivity index (χ0) is 13.0. The number of ether oxygens (including phenoxy) is 1. The van der Waals surface area contributed by atoms with Gasteiger partial charge in [0.25, 0.3) is 0 Å². The smallest absolute Gasteiger partial charge is 0.142 e. The third-order valence-electron chi connectivity index (χ3n) is 3.04. The third kappa shape index (κ3) is 2.83. The van der Waals surface area contributed by atoms with Crippen LogP contribution in [0, 0.1) is 6.92 Å². The number of rotatable bonds is 4. The monoisotopic (exact) mass is 241 g/mol. The molecule has 2 aromatic rings. The van der Waals surface area contributed by atoms with E-state index in [4.69, 9.17) is 4.74 Å². The summed E-state index contributed by atoms with van der Waals surface area (Å²) in [5.74, 6) is 0.909. The topological polar surface area (TPSA) is 12.5 Å². The van der Waals surface area contributed by atoms with Gasteiger partial charge in [-0.2, -0.15) is 0 Å². The summed E-state index contributed by atoms with van der Waals surface area (Å²) in [4.78, 5) is 2.20. The number of methoxy groups -OCH3 is 1. The Bertz CT molecular complexity index is 505. The molecule has 2 rings (SSSR count). The highest BCUT2D eigenvalue weighted by Gasteiger charge is 2.07. The summed E-state index contributed by atoms with van der Waals surface area (Å²) in [6.45, 7) is 2.98. The summed E-state index contributed by atoms with van der Waals surface area (Å²) < 4.78 is 5.38. The van der Waals surface area contributed by atoms with E-state index in [1.807, 2.05) is 18.2 Å². The van der Waals surface area contributed by atoms with Crippen LogP contribution in [-0.4, -0.2) is 14.2 Å². The molecule has 2 heteroatoms. The van der Waals surface area contributed by atoms with Crippen molar-refractivity contribution in [3.63, 3.8) is 0 Å². The van der Waals surface area contributed by atoms with Gasteiger partial charge in [0.05, 0.1) is 12.8 Å². The van der Waals surface area contributed by atoms with Crippen LogP contribution in [0.15, 0.2) is 48.5 Å². The zero-order valence-electron chi connectivity index (χ0n) is 11.2. The molecule has 0 radical (unpaired) electrons. The van der Waals surface area contributed by atoms with E-state index in [2.05, 4.69) is 49.2 Å². The Balaban J connectivity index is 2.16. The molecule has 0 heterocycles. The van der Waals surface area contributed by atoms with Crippen molar-refractivity contribution < 1.29 is 4.74 Å². The van der Waals surface area contributed by atoms with Crippen LogP contribution in [0.4, 0.5) is 5.69 Å². The Morgan fingerprint density at radius 2 is 1.67 bits per heavy atom. The van der Waals surface area contributed by atoms with Crippen LogP contribution in [-0.2, 0) is 6.54 Å². The normalized spacial score (nSPS) is 10.2. The molecular formula is C16H19NO. The van der Waals surface area contributed by atoms with Crippen molar-refractivity contribution in [1.29, 1.82) is 0 Å². The molecule has 94 valence electrons. The Kier molecular flexibility index (Phi) is 3.88.